The van der Waals surface area contributed by atoms with Crippen molar-refractivity contribution in [3.05, 3.63) is 95.6 Å². The second-order valence-electron chi connectivity index (χ2n) is 7.29. The van der Waals surface area contributed by atoms with Crippen LogP contribution in [0.2, 0.25) is 5.79 Å². The molecule has 136 valence electrons. The minimum atomic E-state index is -1.12. The molecule has 3 aromatic carbocycles. The molecule has 0 unspecified atom stereocenters. The predicted molar refractivity (Wildman–Crippen MR) is 120 cm³/mol. The Labute approximate surface area is 167 Å². The maximum atomic E-state index is 4.82. The Bertz CT molecular complexity index is 888. The Morgan fingerprint density at radius 2 is 1.56 bits per heavy atom. The molecule has 0 saturated heterocycles. The highest BCUT2D eigenvalue weighted by atomic mass is 27.2. The van der Waals surface area contributed by atoms with E-state index >= 15 is 0 Å². The van der Waals surface area contributed by atoms with Crippen LogP contribution < -0.4 is 4.30 Å². The van der Waals surface area contributed by atoms with Gasteiger partial charge in [0, 0.05) is 11.9 Å². The first-order chi connectivity index (χ1) is 13.1. The summed E-state index contributed by atoms with van der Waals surface area (Å²) in [5.74, 6) is 2.82. The number of hydrogen-bond acceptors (Lipinski definition) is 2. The number of rotatable bonds is 7. The van der Waals surface area contributed by atoms with Gasteiger partial charge in [0.25, 0.3) is 0 Å². The minimum absolute atomic E-state index is 0.469. The van der Waals surface area contributed by atoms with Gasteiger partial charge < -0.3 is 4.30 Å². The van der Waals surface area contributed by atoms with Crippen LogP contribution in [-0.4, -0.2) is 20.6 Å². The number of anilines is 1. The summed E-state index contributed by atoms with van der Waals surface area (Å²) in [7, 11) is 0. The highest BCUT2D eigenvalue weighted by Gasteiger charge is 2.14. The molecular formula is C24H27AlN2. The van der Waals surface area contributed by atoms with Crippen molar-refractivity contribution in [1.29, 1.82) is 0 Å². The molecule has 3 aromatic rings. The third-order valence-electron chi connectivity index (χ3n) is 4.67. The summed E-state index contributed by atoms with van der Waals surface area (Å²) in [4.78, 5) is 4.82. The summed E-state index contributed by atoms with van der Waals surface area (Å²) in [6.45, 7) is 4.43. The molecule has 0 amide bonds. The fraction of sp³-hybridized carbons (Fsp3) is 0.208. The van der Waals surface area contributed by atoms with Crippen LogP contribution in [0.15, 0.2) is 83.9 Å². The fourth-order valence-corrected chi connectivity index (χ4v) is 5.17. The quantitative estimate of drug-likeness (QED) is 0.379. The van der Waals surface area contributed by atoms with Crippen LogP contribution in [0.1, 0.15) is 36.5 Å². The zero-order valence-corrected chi connectivity index (χ0v) is 17.5. The van der Waals surface area contributed by atoms with E-state index in [0.29, 0.717) is 5.92 Å². The molecule has 27 heavy (non-hydrogen) atoms. The average Bonchev–Trinajstić information content (AvgIpc) is 2.68. The summed E-state index contributed by atoms with van der Waals surface area (Å²) in [6.07, 6.45) is 2.03. The van der Waals surface area contributed by atoms with E-state index in [-0.39, 0.29) is 0 Å². The van der Waals surface area contributed by atoms with Gasteiger partial charge in [0.15, 0.2) is 0 Å². The van der Waals surface area contributed by atoms with E-state index in [4.69, 9.17) is 4.99 Å². The number of nitrogens with one attached hydrogen (secondary N) is 1. The molecule has 0 spiro atoms. The van der Waals surface area contributed by atoms with Crippen LogP contribution >= 0.6 is 0 Å². The van der Waals surface area contributed by atoms with Crippen molar-refractivity contribution in [3.63, 3.8) is 0 Å². The Balaban J connectivity index is 1.76. The van der Waals surface area contributed by atoms with E-state index < -0.39 is 14.4 Å². The number of aliphatic imine (C=N–C) groups is 1. The van der Waals surface area contributed by atoms with Crippen LogP contribution in [0.3, 0.4) is 0 Å². The van der Waals surface area contributed by atoms with Gasteiger partial charge in [-0.2, -0.15) is 0 Å². The monoisotopic (exact) mass is 370 g/mol. The van der Waals surface area contributed by atoms with E-state index in [2.05, 4.69) is 103 Å². The molecule has 0 fully saturated rings. The van der Waals surface area contributed by atoms with Crippen LogP contribution in [0.25, 0.3) is 0 Å². The normalized spacial score (nSPS) is 11.1. The lowest BCUT2D eigenvalue weighted by Crippen LogP contribution is -2.24. The van der Waals surface area contributed by atoms with Gasteiger partial charge in [-0.3, -0.25) is 4.99 Å². The summed E-state index contributed by atoms with van der Waals surface area (Å²) in [6, 6.07) is 27.5. The van der Waals surface area contributed by atoms with Gasteiger partial charge in [-0.1, -0.05) is 85.9 Å². The van der Waals surface area contributed by atoms with Crippen LogP contribution in [0.4, 0.5) is 11.4 Å². The van der Waals surface area contributed by atoms with Gasteiger partial charge in [0.1, 0.15) is 0 Å². The third kappa shape index (κ3) is 5.57. The highest BCUT2D eigenvalue weighted by Crippen LogP contribution is 2.26. The summed E-state index contributed by atoms with van der Waals surface area (Å²) in [5.41, 5.74) is 6.15. The fourth-order valence-electron chi connectivity index (χ4n) is 3.28. The molecular weight excluding hydrogens is 343 g/mol. The molecule has 0 saturated carbocycles. The minimum Gasteiger partial charge on any atom is -0.476 e. The molecule has 3 rings (SSSR count). The summed E-state index contributed by atoms with van der Waals surface area (Å²) in [5, 5.41) is 1.09. The van der Waals surface area contributed by atoms with Crippen molar-refractivity contribution in [2.24, 2.45) is 4.99 Å². The molecule has 0 heterocycles. The van der Waals surface area contributed by atoms with Gasteiger partial charge in [-0.15, -0.1) is 0 Å². The van der Waals surface area contributed by atoms with E-state index in [0.717, 1.165) is 11.0 Å². The van der Waals surface area contributed by atoms with Crippen molar-refractivity contribution in [1.82, 2.24) is 0 Å². The lowest BCUT2D eigenvalue weighted by atomic mass is 10.0. The largest absolute Gasteiger partial charge is 0.476 e. The molecule has 0 bridgehead atoms. The van der Waals surface area contributed by atoms with Crippen molar-refractivity contribution < 1.29 is 0 Å². The maximum Gasteiger partial charge on any atom is 0.412 e. The van der Waals surface area contributed by atoms with Crippen molar-refractivity contribution in [2.45, 2.75) is 30.8 Å². The van der Waals surface area contributed by atoms with Gasteiger partial charge in [0.2, 0.25) is 0 Å². The van der Waals surface area contributed by atoms with Gasteiger partial charge in [0.05, 0.1) is 5.69 Å². The van der Waals surface area contributed by atoms with Crippen molar-refractivity contribution in [3.8, 4) is 0 Å². The molecule has 1 N–H and O–H groups in total. The number of para-hydroxylation sites is 2. The molecule has 0 radical (unpaired) electrons. The van der Waals surface area contributed by atoms with Crippen LogP contribution in [0.5, 0.6) is 0 Å². The maximum absolute atomic E-state index is 4.82. The van der Waals surface area contributed by atoms with Gasteiger partial charge >= 0.3 is 14.4 Å². The number of hydrogen-bond donors (Lipinski definition) is 1. The topological polar surface area (TPSA) is 24.4 Å². The standard InChI is InChI=1S/C17H18N.C6H6N.CH3.Al/c1-13(2)16-10-6-7-11-17(16)18-12-15-9-5-4-8-14(15)3;7-6-4-2-1-3-5-6;;/h4-13H,3H2,1-2H3;1-5,7H;1H3;/q;-1;;+1. The average molecular weight is 370 g/mol. The highest BCUT2D eigenvalue weighted by molar-refractivity contribution is 6.60. The number of nitrogens with zero attached hydrogens (tertiary/aromatic N) is 1. The predicted octanol–water partition coefficient (Wildman–Crippen LogP) is 6.38. The molecule has 2 nitrogen and oxygen atoms in total. The molecule has 0 aliphatic rings. The zero-order chi connectivity index (χ0) is 19.1. The first kappa shape index (κ1) is 19.4. The molecule has 0 aliphatic carbocycles. The molecule has 0 aromatic heterocycles. The smallest absolute Gasteiger partial charge is 0.412 e. The van der Waals surface area contributed by atoms with Gasteiger partial charge in [-0.05, 0) is 40.5 Å². The van der Waals surface area contributed by atoms with Crippen molar-refractivity contribution >= 4 is 32.0 Å². The number of benzene rings is 3. The second-order valence-corrected chi connectivity index (χ2v) is 9.79. The Hall–Kier alpha value is -2.34. The second kappa shape index (κ2) is 9.56. The summed E-state index contributed by atoms with van der Waals surface area (Å²) < 4.78 is 3.71. The van der Waals surface area contributed by atoms with Crippen LogP contribution in [0, 0.1) is 0 Å². The Kier molecular flexibility index (Phi) is 6.87. The Morgan fingerprint density at radius 3 is 2.33 bits per heavy atom. The van der Waals surface area contributed by atoms with E-state index in [1.165, 1.54) is 22.4 Å². The SMILES string of the molecule is CC(C)c1ccccc1N=Cc1ccccc1[CH2][Al]([CH3])[NH]c1ccccc1. The van der Waals surface area contributed by atoms with E-state index in [1.807, 2.05) is 6.21 Å². The van der Waals surface area contributed by atoms with Crippen molar-refractivity contribution in [2.75, 3.05) is 4.30 Å². The molecule has 3 heteroatoms. The lowest BCUT2D eigenvalue weighted by molar-refractivity contribution is 0.867. The Morgan fingerprint density at radius 1 is 0.889 bits per heavy atom. The van der Waals surface area contributed by atoms with E-state index in [1.54, 1.807) is 0 Å². The first-order valence-electron chi connectivity index (χ1n) is 9.66. The van der Waals surface area contributed by atoms with E-state index in [9.17, 15) is 0 Å². The zero-order valence-electron chi connectivity index (χ0n) is 16.4. The summed E-state index contributed by atoms with van der Waals surface area (Å²) >= 11 is -1.12. The lowest BCUT2D eigenvalue weighted by Gasteiger charge is -2.13. The van der Waals surface area contributed by atoms with Gasteiger partial charge in [-0.25, -0.2) is 0 Å². The first-order valence-corrected chi connectivity index (χ1v) is 12.2. The molecule has 0 atom stereocenters. The van der Waals surface area contributed by atoms with Crippen LogP contribution in [-0.2, 0) is 5.28 Å². The molecule has 0 aliphatic heterocycles. The third-order valence-corrected chi connectivity index (χ3v) is 6.55.